The number of carbonyl (C=O) groups excluding carboxylic acids is 1. The van der Waals surface area contributed by atoms with E-state index in [4.69, 9.17) is 13.3 Å². The van der Waals surface area contributed by atoms with Crippen LogP contribution in [0.1, 0.15) is 32.1 Å². The van der Waals surface area contributed by atoms with Crippen molar-refractivity contribution in [1.29, 1.82) is 0 Å². The molecule has 1 aliphatic carbocycles. The van der Waals surface area contributed by atoms with Gasteiger partial charge >= 0.3 is 160 Å². The van der Waals surface area contributed by atoms with Gasteiger partial charge in [0.1, 0.15) is 0 Å². The fourth-order valence-electron chi connectivity index (χ4n) is 3.89. The van der Waals surface area contributed by atoms with Crippen molar-refractivity contribution in [2.24, 2.45) is 0 Å². The summed E-state index contributed by atoms with van der Waals surface area (Å²) in [5, 5.41) is 10.8. The molecule has 6 heteroatoms. The predicted molar refractivity (Wildman–Crippen MR) is 103 cm³/mol. The summed E-state index contributed by atoms with van der Waals surface area (Å²) in [5.41, 5.74) is -0.919. The third kappa shape index (κ3) is 3.26. The first kappa shape index (κ1) is 18.1. The minimum atomic E-state index is -4.01. The van der Waals surface area contributed by atoms with E-state index in [1.165, 1.54) is 6.08 Å². The van der Waals surface area contributed by atoms with E-state index in [1.54, 1.807) is 43.1 Å². The number of allylic oxidation sites excluding steroid dienone is 1. The van der Waals surface area contributed by atoms with E-state index < -0.39 is 18.9 Å². The van der Waals surface area contributed by atoms with Crippen molar-refractivity contribution < 1.29 is 23.2 Å². The molecule has 4 rings (SSSR count). The second kappa shape index (κ2) is 7.40. The average molecular weight is 427 g/mol. The molecule has 0 amide bonds. The van der Waals surface area contributed by atoms with Crippen molar-refractivity contribution in [2.45, 2.75) is 37.7 Å². The minimum absolute atomic E-state index is 0.103. The quantitative estimate of drug-likeness (QED) is 0.483. The van der Waals surface area contributed by atoms with Crippen molar-refractivity contribution in [3.8, 4) is 0 Å². The van der Waals surface area contributed by atoms with E-state index in [-0.39, 0.29) is 4.62 Å². The molecule has 5 nitrogen and oxygen atoms in total. The van der Waals surface area contributed by atoms with Crippen LogP contribution in [-0.4, -0.2) is 28.6 Å². The number of aliphatic hydroxyl groups is 1. The summed E-state index contributed by atoms with van der Waals surface area (Å²) in [6, 6.07) is 10.7. The number of rotatable bonds is 6. The molecule has 0 aliphatic heterocycles. The zero-order valence-electron chi connectivity index (χ0n) is 15.0. The first-order valence-corrected chi connectivity index (χ1v) is 13.4. The summed E-state index contributed by atoms with van der Waals surface area (Å²) in [4.78, 5) is 13.7. The summed E-state index contributed by atoms with van der Waals surface area (Å²) in [6.07, 6.45) is 12.3. The summed E-state index contributed by atoms with van der Waals surface area (Å²) in [7, 11) is 0. The van der Waals surface area contributed by atoms with Gasteiger partial charge in [-0.15, -0.1) is 0 Å². The van der Waals surface area contributed by atoms with Crippen LogP contribution in [0, 0.1) is 0 Å². The van der Waals surface area contributed by atoms with Gasteiger partial charge in [-0.1, -0.05) is 0 Å². The normalized spacial score (nSPS) is 17.4. The Hall–Kier alpha value is -2.25. The van der Waals surface area contributed by atoms with Gasteiger partial charge in [0.2, 0.25) is 0 Å². The molecule has 1 N–H and O–H groups in total. The van der Waals surface area contributed by atoms with Gasteiger partial charge in [-0.2, -0.15) is 0 Å². The SMILES string of the molecule is O=[C](/C=C/C1(O)CCCCC1)[Ge]([c]1ccco1)([c]1ccco1)[c]1ccco1. The Bertz CT molecular complexity index is 801. The van der Waals surface area contributed by atoms with Crippen LogP contribution in [0.3, 0.4) is 0 Å². The molecular weight excluding hydrogens is 405 g/mol. The van der Waals surface area contributed by atoms with Crippen molar-refractivity contribution >= 4 is 31.7 Å². The van der Waals surface area contributed by atoms with Gasteiger partial charge in [0.15, 0.2) is 0 Å². The van der Waals surface area contributed by atoms with Gasteiger partial charge in [-0.3, -0.25) is 0 Å². The predicted octanol–water partition coefficient (Wildman–Crippen LogP) is 2.30. The van der Waals surface area contributed by atoms with Crippen molar-refractivity contribution in [3.05, 3.63) is 67.3 Å². The maximum absolute atomic E-state index is 13.7. The topological polar surface area (TPSA) is 76.7 Å². The van der Waals surface area contributed by atoms with Crippen molar-refractivity contribution in [1.82, 2.24) is 0 Å². The van der Waals surface area contributed by atoms with Gasteiger partial charge in [-0.25, -0.2) is 0 Å². The first-order valence-electron chi connectivity index (χ1n) is 9.23. The Balaban J connectivity index is 1.82. The van der Waals surface area contributed by atoms with Crippen molar-refractivity contribution in [3.63, 3.8) is 0 Å². The number of carbonyl (C=O) groups is 1. The molecule has 140 valence electrons. The fraction of sp³-hybridized carbons (Fsp3) is 0.286. The average Bonchev–Trinajstić information content (AvgIpc) is 3.45. The van der Waals surface area contributed by atoms with Gasteiger partial charge < -0.3 is 0 Å². The molecule has 0 saturated heterocycles. The van der Waals surface area contributed by atoms with E-state index in [9.17, 15) is 9.90 Å². The zero-order valence-corrected chi connectivity index (χ0v) is 17.1. The summed E-state index contributed by atoms with van der Waals surface area (Å²) >= 11 is -4.01. The number of furan rings is 3. The molecule has 0 aromatic carbocycles. The van der Waals surface area contributed by atoms with E-state index >= 15 is 0 Å². The molecule has 1 aliphatic rings. The van der Waals surface area contributed by atoms with Gasteiger partial charge in [-0.05, 0) is 0 Å². The van der Waals surface area contributed by atoms with Gasteiger partial charge in [0, 0.05) is 0 Å². The van der Waals surface area contributed by atoms with E-state index in [2.05, 4.69) is 0 Å². The molecule has 3 heterocycles. The van der Waals surface area contributed by atoms with Crippen LogP contribution in [0.2, 0.25) is 0 Å². The molecule has 0 unspecified atom stereocenters. The molecule has 3 aromatic rings. The van der Waals surface area contributed by atoms with Crippen LogP contribution >= 0.6 is 0 Å². The second-order valence-electron chi connectivity index (χ2n) is 7.04. The monoisotopic (exact) mass is 428 g/mol. The number of hydrogen-bond donors (Lipinski definition) is 1. The van der Waals surface area contributed by atoms with E-state index in [0.717, 1.165) is 19.3 Å². The third-order valence-corrected chi connectivity index (χ3v) is 13.7. The summed E-state index contributed by atoms with van der Waals surface area (Å²) in [6.45, 7) is 0. The molecule has 27 heavy (non-hydrogen) atoms. The van der Waals surface area contributed by atoms with Crippen LogP contribution in [0.4, 0.5) is 0 Å². The third-order valence-electron chi connectivity index (χ3n) is 5.31. The molecule has 0 radical (unpaired) electrons. The van der Waals surface area contributed by atoms with Crippen LogP contribution in [-0.2, 0) is 4.79 Å². The molecule has 3 aromatic heterocycles. The molecule has 0 bridgehead atoms. The van der Waals surface area contributed by atoms with Crippen LogP contribution in [0.15, 0.2) is 80.6 Å². The van der Waals surface area contributed by atoms with Crippen molar-refractivity contribution in [2.75, 3.05) is 0 Å². The molecule has 0 spiro atoms. The Labute approximate surface area is 160 Å². The number of hydrogen-bond acceptors (Lipinski definition) is 5. The zero-order chi connectivity index (χ0) is 18.7. The van der Waals surface area contributed by atoms with E-state index in [0.29, 0.717) is 26.6 Å². The standard InChI is InChI=1S/C21H22GeO5/c23-17(10-13-21(24)11-2-1-3-12-21)22(18-7-4-14-25-18,19-8-5-15-26-19)20-9-6-16-27-20/h4-10,13-16,24H,1-3,11-12H2/b13-10+. The molecule has 0 atom stereocenters. The maximum atomic E-state index is 13.7. The second-order valence-corrected chi connectivity index (χ2v) is 14.3. The molecule has 1 fully saturated rings. The Morgan fingerprint density at radius 1 is 0.889 bits per heavy atom. The molecular formula is C21H22GeO5. The van der Waals surface area contributed by atoms with Gasteiger partial charge in [0.05, 0.1) is 0 Å². The fourth-order valence-corrected chi connectivity index (χ4v) is 11.4. The van der Waals surface area contributed by atoms with Gasteiger partial charge in [0.25, 0.3) is 0 Å². The Kier molecular flexibility index (Phi) is 4.97. The Morgan fingerprint density at radius 2 is 1.37 bits per heavy atom. The summed E-state index contributed by atoms with van der Waals surface area (Å²) < 4.78 is 18.9. The first-order chi connectivity index (χ1) is 13.2. The Morgan fingerprint density at radius 3 is 1.78 bits per heavy atom. The summed E-state index contributed by atoms with van der Waals surface area (Å²) in [5.74, 6) is 0. The van der Waals surface area contributed by atoms with Crippen LogP contribution < -0.4 is 13.8 Å². The molecule has 1 saturated carbocycles. The van der Waals surface area contributed by atoms with Crippen LogP contribution in [0.5, 0.6) is 0 Å². The van der Waals surface area contributed by atoms with Crippen LogP contribution in [0.25, 0.3) is 0 Å². The van der Waals surface area contributed by atoms with E-state index in [1.807, 2.05) is 18.2 Å².